The van der Waals surface area contributed by atoms with Gasteiger partial charge in [-0.15, -0.1) is 11.8 Å². The number of hydrogen-bond donors (Lipinski definition) is 1. The van der Waals surface area contributed by atoms with Crippen LogP contribution in [0, 0.1) is 0 Å². The van der Waals surface area contributed by atoms with Crippen molar-refractivity contribution in [3.05, 3.63) is 28.2 Å². The van der Waals surface area contributed by atoms with E-state index < -0.39 is 0 Å². The van der Waals surface area contributed by atoms with Crippen molar-refractivity contribution in [1.82, 2.24) is 0 Å². The summed E-state index contributed by atoms with van der Waals surface area (Å²) in [7, 11) is 0. The smallest absolute Gasteiger partial charge is 0.0434 e. The molecule has 0 aliphatic rings. The van der Waals surface area contributed by atoms with E-state index >= 15 is 0 Å². The van der Waals surface area contributed by atoms with Gasteiger partial charge >= 0.3 is 0 Å². The zero-order chi connectivity index (χ0) is 11.3. The Morgan fingerprint density at radius 1 is 1.40 bits per heavy atom. The molecule has 1 rings (SSSR count). The van der Waals surface area contributed by atoms with Gasteiger partial charge in [0.1, 0.15) is 0 Å². The molecule has 0 amide bonds. The minimum Gasteiger partial charge on any atom is -0.396 e. The van der Waals surface area contributed by atoms with Gasteiger partial charge in [-0.3, -0.25) is 0 Å². The fourth-order valence-electron chi connectivity index (χ4n) is 1.33. The summed E-state index contributed by atoms with van der Waals surface area (Å²) in [5.41, 5.74) is 1.28. The summed E-state index contributed by atoms with van der Waals surface area (Å²) in [6.45, 7) is 4.65. The van der Waals surface area contributed by atoms with Crippen LogP contribution in [0.5, 0.6) is 0 Å². The van der Waals surface area contributed by atoms with E-state index in [1.54, 1.807) is 0 Å². The highest BCUT2D eigenvalue weighted by Gasteiger charge is 2.04. The molecular weight excluding hydrogens is 272 g/mol. The maximum Gasteiger partial charge on any atom is 0.0434 e. The quantitative estimate of drug-likeness (QED) is 0.830. The fraction of sp³-hybridized carbons (Fsp3) is 0.500. The summed E-state index contributed by atoms with van der Waals surface area (Å²) in [4.78, 5) is 1.29. The Bertz CT molecular complexity index is 312. The molecule has 1 N–H and O–H groups in total. The number of halogens is 1. The van der Waals surface area contributed by atoms with Crippen LogP contribution in [0.25, 0.3) is 0 Å². The van der Waals surface area contributed by atoms with E-state index in [1.807, 2.05) is 11.8 Å². The molecule has 0 saturated carbocycles. The van der Waals surface area contributed by atoms with Gasteiger partial charge in [-0.1, -0.05) is 19.9 Å². The molecule has 0 fully saturated rings. The van der Waals surface area contributed by atoms with Crippen LogP contribution in [0.15, 0.2) is 27.6 Å². The summed E-state index contributed by atoms with van der Waals surface area (Å²) in [5.74, 6) is 0. The van der Waals surface area contributed by atoms with E-state index in [0.29, 0.717) is 5.25 Å². The van der Waals surface area contributed by atoms with Crippen molar-refractivity contribution in [1.29, 1.82) is 0 Å². The van der Waals surface area contributed by atoms with Crippen LogP contribution in [0.3, 0.4) is 0 Å². The molecule has 0 radical (unpaired) electrons. The normalized spacial score (nSPS) is 11.0. The average Bonchev–Trinajstić information content (AvgIpc) is 2.18. The third-order valence-corrected chi connectivity index (χ3v) is 3.98. The lowest BCUT2D eigenvalue weighted by Crippen LogP contribution is -1.91. The number of rotatable bonds is 5. The van der Waals surface area contributed by atoms with Crippen LogP contribution in [0.1, 0.15) is 25.8 Å². The molecule has 0 spiro atoms. The van der Waals surface area contributed by atoms with Gasteiger partial charge in [0.25, 0.3) is 0 Å². The van der Waals surface area contributed by atoms with E-state index in [2.05, 4.69) is 48.0 Å². The molecule has 0 atom stereocenters. The van der Waals surface area contributed by atoms with E-state index in [-0.39, 0.29) is 6.61 Å². The van der Waals surface area contributed by atoms with Gasteiger partial charge < -0.3 is 5.11 Å². The Hall–Kier alpha value is 0.01000. The molecule has 0 unspecified atom stereocenters. The molecule has 0 aliphatic heterocycles. The van der Waals surface area contributed by atoms with Crippen LogP contribution in [0.2, 0.25) is 0 Å². The van der Waals surface area contributed by atoms with Crippen LogP contribution in [-0.4, -0.2) is 17.0 Å². The van der Waals surface area contributed by atoms with Crippen molar-refractivity contribution < 1.29 is 5.11 Å². The minimum atomic E-state index is 0.264. The van der Waals surface area contributed by atoms with Gasteiger partial charge in [-0.25, -0.2) is 0 Å². The second-order valence-corrected chi connectivity index (χ2v) is 6.23. The molecule has 0 bridgehead atoms. The van der Waals surface area contributed by atoms with Gasteiger partial charge in [0.2, 0.25) is 0 Å². The van der Waals surface area contributed by atoms with Gasteiger partial charge in [0.05, 0.1) is 0 Å². The van der Waals surface area contributed by atoms with Crippen LogP contribution >= 0.6 is 27.7 Å². The zero-order valence-corrected chi connectivity index (χ0v) is 11.6. The lowest BCUT2D eigenvalue weighted by atomic mass is 10.1. The molecule has 1 nitrogen and oxygen atoms in total. The van der Waals surface area contributed by atoms with Crippen LogP contribution in [0.4, 0.5) is 0 Å². The first-order chi connectivity index (χ1) is 7.13. The van der Waals surface area contributed by atoms with Gasteiger partial charge in [-0.05, 0) is 46.5 Å². The Morgan fingerprint density at radius 2 is 2.13 bits per heavy atom. The first-order valence-electron chi connectivity index (χ1n) is 5.19. The van der Waals surface area contributed by atoms with Gasteiger partial charge in [0, 0.05) is 21.2 Å². The summed E-state index contributed by atoms with van der Waals surface area (Å²) in [6, 6.07) is 6.45. The lowest BCUT2D eigenvalue weighted by molar-refractivity contribution is 0.288. The number of aliphatic hydroxyl groups is 1. The number of aryl methyl sites for hydroxylation is 1. The van der Waals surface area contributed by atoms with E-state index in [9.17, 15) is 0 Å². The van der Waals surface area contributed by atoms with Crippen molar-refractivity contribution in [2.24, 2.45) is 0 Å². The van der Waals surface area contributed by atoms with Crippen LogP contribution in [-0.2, 0) is 6.42 Å². The third kappa shape index (κ3) is 4.58. The second-order valence-electron chi connectivity index (χ2n) is 3.76. The summed E-state index contributed by atoms with van der Waals surface area (Å²) in [6.07, 6.45) is 1.78. The van der Waals surface area contributed by atoms with Crippen molar-refractivity contribution in [2.45, 2.75) is 36.8 Å². The zero-order valence-electron chi connectivity index (χ0n) is 9.16. The van der Waals surface area contributed by atoms with E-state index in [1.165, 1.54) is 10.5 Å². The summed E-state index contributed by atoms with van der Waals surface area (Å²) >= 11 is 5.45. The number of aliphatic hydroxyl groups excluding tert-OH is 1. The molecule has 3 heteroatoms. The first-order valence-corrected chi connectivity index (χ1v) is 6.86. The molecule has 0 saturated heterocycles. The Kier molecular flexibility index (Phi) is 5.72. The minimum absolute atomic E-state index is 0.264. The first kappa shape index (κ1) is 13.1. The monoisotopic (exact) mass is 288 g/mol. The number of hydrogen-bond acceptors (Lipinski definition) is 2. The molecular formula is C12H17BrOS. The van der Waals surface area contributed by atoms with Crippen LogP contribution < -0.4 is 0 Å². The molecule has 1 aromatic carbocycles. The molecule has 1 aromatic rings. The Morgan fingerprint density at radius 3 is 2.67 bits per heavy atom. The standard InChI is InChI=1S/C12H17BrOS/c1-9(2)15-12-6-5-10(4-3-7-14)8-11(12)13/h5-6,8-9,14H,3-4,7H2,1-2H3. The maximum absolute atomic E-state index is 8.75. The predicted octanol–water partition coefficient (Wildman–Crippen LogP) is 3.87. The summed E-state index contributed by atoms with van der Waals surface area (Å²) in [5, 5.41) is 9.36. The van der Waals surface area contributed by atoms with Crippen molar-refractivity contribution >= 4 is 27.7 Å². The van der Waals surface area contributed by atoms with Crippen molar-refractivity contribution in [3.63, 3.8) is 0 Å². The molecule has 0 aromatic heterocycles. The van der Waals surface area contributed by atoms with Gasteiger partial charge in [-0.2, -0.15) is 0 Å². The highest BCUT2D eigenvalue weighted by atomic mass is 79.9. The second kappa shape index (κ2) is 6.56. The number of benzene rings is 1. The average molecular weight is 289 g/mol. The molecule has 15 heavy (non-hydrogen) atoms. The lowest BCUT2D eigenvalue weighted by Gasteiger charge is -2.08. The van der Waals surface area contributed by atoms with E-state index in [4.69, 9.17) is 5.11 Å². The maximum atomic E-state index is 8.75. The Labute approximate surface area is 104 Å². The van der Waals surface area contributed by atoms with Crippen molar-refractivity contribution in [3.8, 4) is 0 Å². The Balaban J connectivity index is 2.70. The number of thioether (sulfide) groups is 1. The molecule has 84 valence electrons. The fourth-order valence-corrected chi connectivity index (χ4v) is 2.87. The highest BCUT2D eigenvalue weighted by molar-refractivity contribution is 9.10. The van der Waals surface area contributed by atoms with Crippen molar-refractivity contribution in [2.75, 3.05) is 6.61 Å². The molecule has 0 heterocycles. The largest absolute Gasteiger partial charge is 0.396 e. The highest BCUT2D eigenvalue weighted by Crippen LogP contribution is 2.31. The third-order valence-electron chi connectivity index (χ3n) is 1.98. The summed E-state index contributed by atoms with van der Waals surface area (Å²) < 4.78 is 1.16. The van der Waals surface area contributed by atoms with E-state index in [0.717, 1.165) is 17.3 Å². The SMILES string of the molecule is CC(C)Sc1ccc(CCCO)cc1Br. The topological polar surface area (TPSA) is 20.2 Å². The van der Waals surface area contributed by atoms with Gasteiger partial charge in [0.15, 0.2) is 0 Å². The molecule has 0 aliphatic carbocycles. The predicted molar refractivity (Wildman–Crippen MR) is 70.5 cm³/mol.